The van der Waals surface area contributed by atoms with Crippen molar-refractivity contribution in [1.82, 2.24) is 14.9 Å². The Hall–Kier alpha value is -1.85. The van der Waals surface area contributed by atoms with E-state index in [2.05, 4.69) is 20.6 Å². The van der Waals surface area contributed by atoms with Gasteiger partial charge in [-0.15, -0.1) is 0 Å². The SMILES string of the molecule is CNc1cc(NCCC(=O)N2CCCCC2)ncn1. The average molecular weight is 263 g/mol. The Kier molecular flexibility index (Phi) is 4.94. The van der Waals surface area contributed by atoms with Gasteiger partial charge in [0, 0.05) is 39.2 Å². The molecule has 0 unspecified atom stereocenters. The highest BCUT2D eigenvalue weighted by Crippen LogP contribution is 2.11. The molecule has 104 valence electrons. The van der Waals surface area contributed by atoms with Crippen LogP contribution in [0.15, 0.2) is 12.4 Å². The van der Waals surface area contributed by atoms with E-state index >= 15 is 0 Å². The van der Waals surface area contributed by atoms with E-state index < -0.39 is 0 Å². The summed E-state index contributed by atoms with van der Waals surface area (Å²) in [5.41, 5.74) is 0. The van der Waals surface area contributed by atoms with Gasteiger partial charge in [-0.3, -0.25) is 4.79 Å². The van der Waals surface area contributed by atoms with Crippen LogP contribution in [0.3, 0.4) is 0 Å². The largest absolute Gasteiger partial charge is 0.373 e. The van der Waals surface area contributed by atoms with Gasteiger partial charge in [0.15, 0.2) is 0 Å². The Morgan fingerprint density at radius 3 is 2.74 bits per heavy atom. The zero-order valence-electron chi connectivity index (χ0n) is 11.4. The lowest BCUT2D eigenvalue weighted by molar-refractivity contribution is -0.131. The predicted octanol–water partition coefficient (Wildman–Crippen LogP) is 1.33. The predicted molar refractivity (Wildman–Crippen MR) is 75.1 cm³/mol. The first-order chi connectivity index (χ1) is 9.29. The second-order valence-corrected chi connectivity index (χ2v) is 4.66. The molecule has 0 bridgehead atoms. The quantitative estimate of drug-likeness (QED) is 0.838. The molecule has 0 saturated carbocycles. The van der Waals surface area contributed by atoms with Crippen molar-refractivity contribution in [1.29, 1.82) is 0 Å². The maximum atomic E-state index is 12.0. The van der Waals surface area contributed by atoms with Crippen LogP contribution in [0, 0.1) is 0 Å². The Balaban J connectivity index is 1.74. The fourth-order valence-electron chi connectivity index (χ4n) is 2.19. The summed E-state index contributed by atoms with van der Waals surface area (Å²) < 4.78 is 0. The van der Waals surface area contributed by atoms with Crippen molar-refractivity contribution in [2.45, 2.75) is 25.7 Å². The lowest BCUT2D eigenvalue weighted by atomic mass is 10.1. The third-order valence-electron chi connectivity index (χ3n) is 3.28. The zero-order chi connectivity index (χ0) is 13.5. The summed E-state index contributed by atoms with van der Waals surface area (Å²) in [6, 6.07) is 1.82. The molecule has 1 aromatic rings. The van der Waals surface area contributed by atoms with E-state index in [0.717, 1.165) is 37.6 Å². The molecule has 0 aliphatic carbocycles. The van der Waals surface area contributed by atoms with Gasteiger partial charge >= 0.3 is 0 Å². The lowest BCUT2D eigenvalue weighted by Crippen LogP contribution is -2.36. The Labute approximate surface area is 113 Å². The minimum Gasteiger partial charge on any atom is -0.373 e. The summed E-state index contributed by atoms with van der Waals surface area (Å²) in [6.07, 6.45) is 5.53. The van der Waals surface area contributed by atoms with Crippen molar-refractivity contribution in [3.8, 4) is 0 Å². The van der Waals surface area contributed by atoms with Crippen molar-refractivity contribution >= 4 is 17.5 Å². The highest BCUT2D eigenvalue weighted by molar-refractivity contribution is 5.76. The van der Waals surface area contributed by atoms with E-state index in [1.165, 1.54) is 12.7 Å². The van der Waals surface area contributed by atoms with E-state index in [0.29, 0.717) is 13.0 Å². The van der Waals surface area contributed by atoms with E-state index in [1.807, 2.05) is 18.0 Å². The smallest absolute Gasteiger partial charge is 0.224 e. The average Bonchev–Trinajstić information content (AvgIpc) is 2.48. The number of piperidine rings is 1. The summed E-state index contributed by atoms with van der Waals surface area (Å²) in [7, 11) is 1.81. The van der Waals surface area contributed by atoms with Gasteiger partial charge in [-0.05, 0) is 19.3 Å². The number of hydrogen-bond donors (Lipinski definition) is 2. The molecule has 2 heterocycles. The van der Waals surface area contributed by atoms with Crippen LogP contribution in [-0.4, -0.2) is 47.5 Å². The third-order valence-corrected chi connectivity index (χ3v) is 3.28. The number of aromatic nitrogens is 2. The van der Waals surface area contributed by atoms with Crippen molar-refractivity contribution in [2.75, 3.05) is 37.3 Å². The molecule has 19 heavy (non-hydrogen) atoms. The number of nitrogens with zero attached hydrogens (tertiary/aromatic N) is 3. The molecular formula is C13H21N5O. The van der Waals surface area contributed by atoms with Gasteiger partial charge in [0.1, 0.15) is 18.0 Å². The standard InChI is InChI=1S/C13H21N5O/c1-14-11-9-12(17-10-16-11)15-6-5-13(19)18-7-3-2-4-8-18/h9-10H,2-8H2,1H3,(H2,14,15,16,17). The highest BCUT2D eigenvalue weighted by Gasteiger charge is 2.15. The number of nitrogens with one attached hydrogen (secondary N) is 2. The number of rotatable bonds is 5. The molecule has 0 radical (unpaired) electrons. The minimum absolute atomic E-state index is 0.232. The molecule has 6 nitrogen and oxygen atoms in total. The van der Waals surface area contributed by atoms with E-state index in [9.17, 15) is 4.79 Å². The molecule has 1 aromatic heterocycles. The normalized spacial score (nSPS) is 15.1. The van der Waals surface area contributed by atoms with Crippen molar-refractivity contribution < 1.29 is 4.79 Å². The van der Waals surface area contributed by atoms with Crippen molar-refractivity contribution in [2.24, 2.45) is 0 Å². The van der Waals surface area contributed by atoms with Gasteiger partial charge in [-0.2, -0.15) is 0 Å². The molecule has 1 saturated heterocycles. The fraction of sp³-hybridized carbons (Fsp3) is 0.615. The van der Waals surface area contributed by atoms with Crippen LogP contribution in [-0.2, 0) is 4.79 Å². The molecule has 0 atom stereocenters. The van der Waals surface area contributed by atoms with Gasteiger partial charge in [0.05, 0.1) is 0 Å². The summed E-state index contributed by atoms with van der Waals surface area (Å²) in [6.45, 7) is 2.43. The molecule has 1 amide bonds. The second kappa shape index (κ2) is 6.92. The van der Waals surface area contributed by atoms with Crippen LogP contribution >= 0.6 is 0 Å². The van der Waals surface area contributed by atoms with Gasteiger partial charge in [-0.25, -0.2) is 9.97 Å². The van der Waals surface area contributed by atoms with Gasteiger partial charge in [0.25, 0.3) is 0 Å². The Morgan fingerprint density at radius 2 is 2.00 bits per heavy atom. The second-order valence-electron chi connectivity index (χ2n) is 4.66. The summed E-state index contributed by atoms with van der Waals surface area (Å²) in [4.78, 5) is 22.1. The maximum Gasteiger partial charge on any atom is 0.224 e. The molecule has 1 fully saturated rings. The molecule has 1 aliphatic heterocycles. The first kappa shape index (κ1) is 13.6. The molecule has 1 aliphatic rings. The van der Waals surface area contributed by atoms with Crippen LogP contribution in [0.1, 0.15) is 25.7 Å². The number of anilines is 2. The van der Waals surface area contributed by atoms with Crippen LogP contribution in [0.5, 0.6) is 0 Å². The maximum absolute atomic E-state index is 12.0. The minimum atomic E-state index is 0.232. The zero-order valence-corrected chi connectivity index (χ0v) is 11.4. The number of carbonyl (C=O) groups is 1. The molecule has 0 spiro atoms. The lowest BCUT2D eigenvalue weighted by Gasteiger charge is -2.26. The first-order valence-electron chi connectivity index (χ1n) is 6.81. The van der Waals surface area contributed by atoms with Crippen molar-refractivity contribution in [3.05, 3.63) is 12.4 Å². The van der Waals surface area contributed by atoms with E-state index in [-0.39, 0.29) is 5.91 Å². The molecular weight excluding hydrogens is 242 g/mol. The molecule has 0 aromatic carbocycles. The van der Waals surface area contributed by atoms with E-state index in [4.69, 9.17) is 0 Å². The number of hydrogen-bond acceptors (Lipinski definition) is 5. The number of amides is 1. The molecule has 6 heteroatoms. The van der Waals surface area contributed by atoms with Crippen molar-refractivity contribution in [3.63, 3.8) is 0 Å². The van der Waals surface area contributed by atoms with Crippen LogP contribution in [0.2, 0.25) is 0 Å². The fourth-order valence-corrected chi connectivity index (χ4v) is 2.19. The molecule has 2 N–H and O–H groups in total. The van der Waals surface area contributed by atoms with Gasteiger partial charge < -0.3 is 15.5 Å². The third kappa shape index (κ3) is 4.08. The summed E-state index contributed by atoms with van der Waals surface area (Å²) in [5, 5.41) is 6.10. The monoisotopic (exact) mass is 263 g/mol. The van der Waals surface area contributed by atoms with Crippen LogP contribution in [0.4, 0.5) is 11.6 Å². The van der Waals surface area contributed by atoms with Crippen LogP contribution < -0.4 is 10.6 Å². The Bertz CT molecular complexity index is 417. The number of carbonyl (C=O) groups excluding carboxylic acids is 1. The highest BCUT2D eigenvalue weighted by atomic mass is 16.2. The number of likely N-dealkylation sites (tertiary alicyclic amines) is 1. The Morgan fingerprint density at radius 1 is 1.26 bits per heavy atom. The summed E-state index contributed by atoms with van der Waals surface area (Å²) >= 11 is 0. The van der Waals surface area contributed by atoms with Crippen LogP contribution in [0.25, 0.3) is 0 Å². The molecule has 2 rings (SSSR count). The van der Waals surface area contributed by atoms with Gasteiger partial charge in [0.2, 0.25) is 5.91 Å². The summed E-state index contributed by atoms with van der Waals surface area (Å²) in [5.74, 6) is 1.74. The van der Waals surface area contributed by atoms with E-state index in [1.54, 1.807) is 0 Å². The first-order valence-corrected chi connectivity index (χ1v) is 6.81. The van der Waals surface area contributed by atoms with Gasteiger partial charge in [-0.1, -0.05) is 0 Å². The topological polar surface area (TPSA) is 70.2 Å².